The number of amides is 1. The summed E-state index contributed by atoms with van der Waals surface area (Å²) in [5.74, 6) is -1.48. The summed E-state index contributed by atoms with van der Waals surface area (Å²) in [6.07, 6.45) is 0. The van der Waals surface area contributed by atoms with Crippen molar-refractivity contribution in [1.82, 2.24) is 4.90 Å². The van der Waals surface area contributed by atoms with Crippen LogP contribution in [-0.2, 0) is 19.1 Å². The molecule has 2 N–H and O–H groups in total. The van der Waals surface area contributed by atoms with Gasteiger partial charge in [-0.1, -0.05) is 0 Å². The van der Waals surface area contributed by atoms with Crippen molar-refractivity contribution in [1.29, 1.82) is 0 Å². The van der Waals surface area contributed by atoms with E-state index in [1.807, 2.05) is 18.7 Å². The third-order valence-electron chi connectivity index (χ3n) is 4.74. The Balaban J connectivity index is 2.50. The molecule has 0 saturated carbocycles. The Bertz CT molecular complexity index is 816. The van der Waals surface area contributed by atoms with Gasteiger partial charge in [0.15, 0.2) is 0 Å². The van der Waals surface area contributed by atoms with Crippen LogP contribution in [0.15, 0.2) is 29.5 Å². The van der Waals surface area contributed by atoms with Gasteiger partial charge in [-0.25, -0.2) is 9.59 Å². The van der Waals surface area contributed by atoms with E-state index in [9.17, 15) is 19.5 Å². The van der Waals surface area contributed by atoms with Gasteiger partial charge in [0.1, 0.15) is 5.70 Å². The molecule has 1 aromatic carbocycles. The molecule has 1 heterocycles. The van der Waals surface area contributed by atoms with Crippen LogP contribution in [-0.4, -0.2) is 74.9 Å². The van der Waals surface area contributed by atoms with Crippen LogP contribution in [0.5, 0.6) is 0 Å². The largest absolute Gasteiger partial charge is 0.466 e. The maximum Gasteiger partial charge on any atom is 0.337 e. The van der Waals surface area contributed by atoms with Gasteiger partial charge in [0.05, 0.1) is 49.9 Å². The molecule has 0 atom stereocenters. The first-order valence-electron chi connectivity index (χ1n) is 9.37. The van der Waals surface area contributed by atoms with Crippen molar-refractivity contribution in [3.05, 3.63) is 35.0 Å². The van der Waals surface area contributed by atoms with Gasteiger partial charge in [-0.2, -0.15) is 0 Å². The SMILES string of the molecule is CCN(CC)c1cc(C(=O)OC)ccc1NC1=C(C(=O)OC)CN(CCO)C1=O. The fourth-order valence-corrected chi connectivity index (χ4v) is 3.19. The van der Waals surface area contributed by atoms with Gasteiger partial charge in [-0.15, -0.1) is 0 Å². The fraction of sp³-hybridized carbons (Fsp3) is 0.450. The molecule has 2 rings (SSSR count). The monoisotopic (exact) mass is 405 g/mol. The van der Waals surface area contributed by atoms with Crippen molar-refractivity contribution in [2.75, 3.05) is 57.2 Å². The quantitative estimate of drug-likeness (QED) is 0.586. The highest BCUT2D eigenvalue weighted by molar-refractivity contribution is 6.09. The summed E-state index contributed by atoms with van der Waals surface area (Å²) in [4.78, 5) is 40.3. The second kappa shape index (κ2) is 9.92. The Hall–Kier alpha value is -3.07. The number of aliphatic hydroxyl groups is 1. The summed E-state index contributed by atoms with van der Waals surface area (Å²) in [7, 11) is 2.56. The molecule has 1 aromatic rings. The molecule has 0 radical (unpaired) electrons. The van der Waals surface area contributed by atoms with Gasteiger partial charge in [-0.3, -0.25) is 4.79 Å². The summed E-state index contributed by atoms with van der Waals surface area (Å²) in [5, 5.41) is 12.2. The molecule has 0 aromatic heterocycles. The zero-order valence-electron chi connectivity index (χ0n) is 17.2. The second-order valence-corrected chi connectivity index (χ2v) is 6.32. The molecule has 9 nitrogen and oxygen atoms in total. The predicted octanol–water partition coefficient (Wildman–Crippen LogP) is 0.993. The van der Waals surface area contributed by atoms with Crippen LogP contribution < -0.4 is 10.2 Å². The Kier molecular flexibility index (Phi) is 7.60. The lowest BCUT2D eigenvalue weighted by atomic mass is 10.1. The maximum atomic E-state index is 12.8. The molecule has 0 unspecified atom stereocenters. The van der Waals surface area contributed by atoms with E-state index in [0.29, 0.717) is 30.0 Å². The van der Waals surface area contributed by atoms with E-state index in [0.717, 1.165) is 0 Å². The zero-order chi connectivity index (χ0) is 21.6. The Labute approximate surface area is 169 Å². The molecular formula is C20H27N3O6. The summed E-state index contributed by atoms with van der Waals surface area (Å²) in [5.41, 5.74) is 1.93. The Morgan fingerprint density at radius 2 is 1.83 bits per heavy atom. The van der Waals surface area contributed by atoms with Crippen molar-refractivity contribution < 1.29 is 29.0 Å². The van der Waals surface area contributed by atoms with Gasteiger partial charge in [0.25, 0.3) is 5.91 Å². The minimum atomic E-state index is -0.614. The van der Waals surface area contributed by atoms with E-state index in [1.165, 1.54) is 19.1 Å². The second-order valence-electron chi connectivity index (χ2n) is 6.32. The molecule has 0 saturated heterocycles. The van der Waals surface area contributed by atoms with Crippen LogP contribution in [0.2, 0.25) is 0 Å². The number of β-amino-alcohol motifs (C(OH)–C–C–N with tert-alkyl or cyclic N) is 1. The number of hydrogen-bond acceptors (Lipinski definition) is 8. The first-order chi connectivity index (χ1) is 13.9. The fourth-order valence-electron chi connectivity index (χ4n) is 3.19. The van der Waals surface area contributed by atoms with Gasteiger partial charge in [0.2, 0.25) is 0 Å². The van der Waals surface area contributed by atoms with E-state index in [2.05, 4.69) is 5.32 Å². The normalized spacial score (nSPS) is 13.6. The summed E-state index contributed by atoms with van der Waals surface area (Å²) in [6.45, 7) is 5.23. The average Bonchev–Trinajstić information content (AvgIpc) is 3.04. The number of methoxy groups -OCH3 is 2. The highest BCUT2D eigenvalue weighted by atomic mass is 16.5. The lowest BCUT2D eigenvalue weighted by Crippen LogP contribution is -2.31. The topological polar surface area (TPSA) is 108 Å². The molecule has 1 amide bonds. The molecule has 1 aliphatic heterocycles. The van der Waals surface area contributed by atoms with Crippen LogP contribution in [0.25, 0.3) is 0 Å². The molecule has 158 valence electrons. The third kappa shape index (κ3) is 4.68. The molecule has 29 heavy (non-hydrogen) atoms. The first kappa shape index (κ1) is 22.2. The molecule has 9 heteroatoms. The smallest absolute Gasteiger partial charge is 0.337 e. The number of anilines is 2. The number of rotatable bonds is 9. The van der Waals surface area contributed by atoms with E-state index in [4.69, 9.17) is 9.47 Å². The van der Waals surface area contributed by atoms with E-state index >= 15 is 0 Å². The molecule has 0 aliphatic carbocycles. The van der Waals surface area contributed by atoms with Gasteiger partial charge >= 0.3 is 11.9 Å². The molecule has 0 spiro atoms. The minimum Gasteiger partial charge on any atom is -0.466 e. The van der Waals surface area contributed by atoms with Crippen molar-refractivity contribution in [2.24, 2.45) is 0 Å². The van der Waals surface area contributed by atoms with E-state index < -0.39 is 17.8 Å². The number of ether oxygens (including phenoxy) is 2. The number of nitrogens with zero attached hydrogens (tertiary/aromatic N) is 2. The molecule has 0 bridgehead atoms. The summed E-state index contributed by atoms with van der Waals surface area (Å²) < 4.78 is 9.61. The number of carbonyl (C=O) groups excluding carboxylic acids is 3. The standard InChI is InChI=1S/C20H27N3O6/c1-5-22(6-2)16-11-13(19(26)28-3)7-8-15(16)21-17-14(20(27)29-4)12-23(9-10-24)18(17)25/h7-8,11,21,24H,5-6,9-10,12H2,1-4H3. The van der Waals surface area contributed by atoms with Crippen molar-refractivity contribution in [3.8, 4) is 0 Å². The zero-order valence-corrected chi connectivity index (χ0v) is 17.2. The average molecular weight is 405 g/mol. The highest BCUT2D eigenvalue weighted by Crippen LogP contribution is 2.31. The van der Waals surface area contributed by atoms with Crippen LogP contribution in [0.4, 0.5) is 11.4 Å². The molecular weight excluding hydrogens is 378 g/mol. The first-order valence-corrected chi connectivity index (χ1v) is 9.37. The lowest BCUT2D eigenvalue weighted by molar-refractivity contribution is -0.136. The third-order valence-corrected chi connectivity index (χ3v) is 4.74. The number of benzene rings is 1. The number of carbonyl (C=O) groups is 3. The Morgan fingerprint density at radius 3 is 2.38 bits per heavy atom. The summed E-state index contributed by atoms with van der Waals surface area (Å²) in [6, 6.07) is 4.94. The number of aliphatic hydroxyl groups excluding tert-OH is 1. The van der Waals surface area contributed by atoms with Gasteiger partial charge < -0.3 is 29.7 Å². The maximum absolute atomic E-state index is 12.8. The lowest BCUT2D eigenvalue weighted by Gasteiger charge is -2.25. The van der Waals surface area contributed by atoms with E-state index in [-0.39, 0.29) is 31.0 Å². The molecule has 1 aliphatic rings. The number of nitrogens with one attached hydrogen (secondary N) is 1. The summed E-state index contributed by atoms with van der Waals surface area (Å²) >= 11 is 0. The van der Waals surface area contributed by atoms with Crippen LogP contribution in [0, 0.1) is 0 Å². The predicted molar refractivity (Wildman–Crippen MR) is 108 cm³/mol. The van der Waals surface area contributed by atoms with Crippen LogP contribution in [0.1, 0.15) is 24.2 Å². The van der Waals surface area contributed by atoms with E-state index in [1.54, 1.807) is 18.2 Å². The number of esters is 2. The number of hydrogen-bond donors (Lipinski definition) is 2. The van der Waals surface area contributed by atoms with Crippen LogP contribution >= 0.6 is 0 Å². The molecule has 0 fully saturated rings. The van der Waals surface area contributed by atoms with Gasteiger partial charge in [-0.05, 0) is 32.0 Å². The van der Waals surface area contributed by atoms with Crippen molar-refractivity contribution in [2.45, 2.75) is 13.8 Å². The Morgan fingerprint density at radius 1 is 1.17 bits per heavy atom. The highest BCUT2D eigenvalue weighted by Gasteiger charge is 2.35. The van der Waals surface area contributed by atoms with Gasteiger partial charge in [0, 0.05) is 19.6 Å². The minimum absolute atomic E-state index is 0.0508. The van der Waals surface area contributed by atoms with Crippen LogP contribution in [0.3, 0.4) is 0 Å². The van der Waals surface area contributed by atoms with Crippen molar-refractivity contribution in [3.63, 3.8) is 0 Å². The van der Waals surface area contributed by atoms with Crippen molar-refractivity contribution >= 4 is 29.2 Å².